The molecular weight excluding hydrogens is 242 g/mol. The van der Waals surface area contributed by atoms with Gasteiger partial charge in [0.2, 0.25) is 5.95 Å². The number of hydrogen-bond acceptors (Lipinski definition) is 6. The number of nitrogens with two attached hydrogens (primary N) is 1. The van der Waals surface area contributed by atoms with E-state index in [1.165, 1.54) is 0 Å². The van der Waals surface area contributed by atoms with Crippen molar-refractivity contribution in [3.63, 3.8) is 0 Å². The fraction of sp³-hybridized carbons (Fsp3) is 0.417. The molecule has 7 nitrogen and oxygen atoms in total. The van der Waals surface area contributed by atoms with E-state index in [1.54, 1.807) is 4.68 Å². The fourth-order valence-corrected chi connectivity index (χ4v) is 2.42. The molecule has 2 aromatic rings. The molecule has 0 atom stereocenters. The Morgan fingerprint density at radius 1 is 1.05 bits per heavy atom. The van der Waals surface area contributed by atoms with Gasteiger partial charge in [-0.2, -0.15) is 0 Å². The lowest BCUT2D eigenvalue weighted by atomic mass is 10.2. The van der Waals surface area contributed by atoms with Crippen molar-refractivity contribution in [2.24, 2.45) is 7.05 Å². The van der Waals surface area contributed by atoms with Gasteiger partial charge in [0.25, 0.3) is 0 Å². The number of piperazine rings is 1. The van der Waals surface area contributed by atoms with Crippen LogP contribution in [0.2, 0.25) is 0 Å². The number of hydrogen-bond donors (Lipinski definition) is 1. The molecule has 2 N–H and O–H groups in total. The lowest BCUT2D eigenvalue weighted by Gasteiger charge is -2.36. The SMILES string of the molecule is Cn1nnnc1N1CCN(c2ccccc2N)CC1. The summed E-state index contributed by atoms with van der Waals surface area (Å²) in [6.07, 6.45) is 0. The predicted molar refractivity (Wildman–Crippen MR) is 74.1 cm³/mol. The quantitative estimate of drug-likeness (QED) is 0.772. The number of nitrogen functional groups attached to an aromatic ring is 1. The summed E-state index contributed by atoms with van der Waals surface area (Å²) in [5.74, 6) is 0.820. The van der Waals surface area contributed by atoms with Gasteiger partial charge >= 0.3 is 0 Å². The minimum atomic E-state index is 0.820. The highest BCUT2D eigenvalue weighted by atomic mass is 15.6. The third-order valence-corrected chi connectivity index (χ3v) is 3.44. The van der Waals surface area contributed by atoms with Crippen molar-refractivity contribution >= 4 is 17.3 Å². The maximum Gasteiger partial charge on any atom is 0.245 e. The Hall–Kier alpha value is -2.31. The fourth-order valence-electron chi connectivity index (χ4n) is 2.42. The van der Waals surface area contributed by atoms with Crippen molar-refractivity contribution in [3.05, 3.63) is 24.3 Å². The van der Waals surface area contributed by atoms with Crippen molar-refractivity contribution in [3.8, 4) is 0 Å². The number of tetrazole rings is 1. The van der Waals surface area contributed by atoms with Crippen LogP contribution in [-0.4, -0.2) is 46.4 Å². The first-order valence-corrected chi connectivity index (χ1v) is 6.32. The highest BCUT2D eigenvalue weighted by Gasteiger charge is 2.21. The van der Waals surface area contributed by atoms with Gasteiger partial charge in [-0.1, -0.05) is 17.2 Å². The molecule has 0 bridgehead atoms. The van der Waals surface area contributed by atoms with E-state index in [0.717, 1.165) is 43.5 Å². The van der Waals surface area contributed by atoms with Crippen LogP contribution >= 0.6 is 0 Å². The van der Waals surface area contributed by atoms with Gasteiger partial charge in [0.15, 0.2) is 0 Å². The zero-order valence-electron chi connectivity index (χ0n) is 10.9. The summed E-state index contributed by atoms with van der Waals surface area (Å²) < 4.78 is 1.70. The number of aryl methyl sites for hydroxylation is 1. The van der Waals surface area contributed by atoms with Gasteiger partial charge in [0.05, 0.1) is 11.4 Å². The van der Waals surface area contributed by atoms with Gasteiger partial charge < -0.3 is 15.5 Å². The second kappa shape index (κ2) is 4.75. The largest absolute Gasteiger partial charge is 0.397 e. The summed E-state index contributed by atoms with van der Waals surface area (Å²) >= 11 is 0. The van der Waals surface area contributed by atoms with Crippen LogP contribution in [0.3, 0.4) is 0 Å². The average Bonchev–Trinajstić information content (AvgIpc) is 2.86. The normalized spacial score (nSPS) is 15.8. The first-order valence-electron chi connectivity index (χ1n) is 6.32. The average molecular weight is 259 g/mol. The summed E-state index contributed by atoms with van der Waals surface area (Å²) in [5, 5.41) is 11.6. The topological polar surface area (TPSA) is 76.1 Å². The Bertz CT molecular complexity index is 557. The summed E-state index contributed by atoms with van der Waals surface area (Å²) in [6.45, 7) is 3.62. The highest BCUT2D eigenvalue weighted by Crippen LogP contribution is 2.24. The van der Waals surface area contributed by atoms with E-state index in [1.807, 2.05) is 25.2 Å². The van der Waals surface area contributed by atoms with Crippen LogP contribution in [0.15, 0.2) is 24.3 Å². The van der Waals surface area contributed by atoms with E-state index < -0.39 is 0 Å². The molecule has 0 saturated carbocycles. The Kier molecular flexibility index (Phi) is 2.94. The summed E-state index contributed by atoms with van der Waals surface area (Å²) in [4.78, 5) is 4.49. The molecule has 7 heteroatoms. The van der Waals surface area contributed by atoms with Crippen LogP contribution in [0, 0.1) is 0 Å². The van der Waals surface area contributed by atoms with Gasteiger partial charge in [0.1, 0.15) is 0 Å². The molecule has 100 valence electrons. The maximum absolute atomic E-state index is 6.01. The smallest absolute Gasteiger partial charge is 0.245 e. The summed E-state index contributed by atoms with van der Waals surface area (Å²) in [5.41, 5.74) is 7.95. The van der Waals surface area contributed by atoms with Crippen LogP contribution in [0.5, 0.6) is 0 Å². The van der Waals surface area contributed by atoms with E-state index in [0.29, 0.717) is 0 Å². The van der Waals surface area contributed by atoms with Gasteiger partial charge in [-0.15, -0.1) is 0 Å². The number of nitrogens with zero attached hydrogens (tertiary/aromatic N) is 6. The van der Waals surface area contributed by atoms with Crippen LogP contribution in [0.1, 0.15) is 0 Å². The minimum Gasteiger partial charge on any atom is -0.397 e. The van der Waals surface area contributed by atoms with Crippen LogP contribution < -0.4 is 15.5 Å². The molecule has 1 aromatic carbocycles. The second-order valence-corrected chi connectivity index (χ2v) is 4.64. The van der Waals surface area contributed by atoms with E-state index in [4.69, 9.17) is 5.73 Å². The number of benzene rings is 1. The highest BCUT2D eigenvalue weighted by molar-refractivity contribution is 5.67. The Morgan fingerprint density at radius 3 is 2.37 bits per heavy atom. The number of aromatic nitrogens is 4. The van der Waals surface area contributed by atoms with Crippen molar-refractivity contribution in [1.82, 2.24) is 20.2 Å². The minimum absolute atomic E-state index is 0.820. The Morgan fingerprint density at radius 2 is 1.74 bits per heavy atom. The van der Waals surface area contributed by atoms with E-state index >= 15 is 0 Å². The molecule has 1 aromatic heterocycles. The van der Waals surface area contributed by atoms with Crippen LogP contribution in [0.25, 0.3) is 0 Å². The van der Waals surface area contributed by atoms with Crippen molar-refractivity contribution < 1.29 is 0 Å². The monoisotopic (exact) mass is 259 g/mol. The zero-order valence-corrected chi connectivity index (χ0v) is 10.9. The molecule has 1 aliphatic heterocycles. The van der Waals surface area contributed by atoms with Crippen LogP contribution in [0.4, 0.5) is 17.3 Å². The predicted octanol–water partition coefficient (Wildman–Crippen LogP) is 0.119. The van der Waals surface area contributed by atoms with E-state index in [2.05, 4.69) is 31.4 Å². The van der Waals surface area contributed by atoms with Crippen molar-refractivity contribution in [2.75, 3.05) is 41.7 Å². The number of para-hydroxylation sites is 2. The molecular formula is C12H17N7. The first-order chi connectivity index (χ1) is 9.25. The molecule has 3 rings (SSSR count). The third kappa shape index (κ3) is 2.18. The van der Waals surface area contributed by atoms with Gasteiger partial charge in [0, 0.05) is 33.2 Å². The molecule has 2 heterocycles. The van der Waals surface area contributed by atoms with Gasteiger partial charge in [-0.05, 0) is 22.6 Å². The van der Waals surface area contributed by atoms with E-state index in [-0.39, 0.29) is 0 Å². The molecule has 1 aliphatic rings. The lowest BCUT2D eigenvalue weighted by Crippen LogP contribution is -2.47. The van der Waals surface area contributed by atoms with Crippen molar-refractivity contribution in [2.45, 2.75) is 0 Å². The first kappa shape index (κ1) is 11.8. The standard InChI is InChI=1S/C12H17N7/c1-17-12(14-15-16-17)19-8-6-18(7-9-19)11-5-3-2-4-10(11)13/h2-5H,6-9,13H2,1H3. The Labute approximate surface area is 111 Å². The van der Waals surface area contributed by atoms with Crippen molar-refractivity contribution in [1.29, 1.82) is 0 Å². The number of anilines is 3. The second-order valence-electron chi connectivity index (χ2n) is 4.64. The molecule has 0 spiro atoms. The molecule has 1 fully saturated rings. The van der Waals surface area contributed by atoms with E-state index in [9.17, 15) is 0 Å². The molecule has 19 heavy (non-hydrogen) atoms. The molecule has 0 radical (unpaired) electrons. The molecule has 1 saturated heterocycles. The molecule has 0 amide bonds. The van der Waals surface area contributed by atoms with Crippen LogP contribution in [-0.2, 0) is 7.05 Å². The molecule has 0 aliphatic carbocycles. The van der Waals surface area contributed by atoms with Gasteiger partial charge in [-0.25, -0.2) is 4.68 Å². The molecule has 0 unspecified atom stereocenters. The zero-order chi connectivity index (χ0) is 13.2. The lowest BCUT2D eigenvalue weighted by molar-refractivity contribution is 0.618. The van der Waals surface area contributed by atoms with Gasteiger partial charge in [-0.3, -0.25) is 0 Å². The summed E-state index contributed by atoms with van der Waals surface area (Å²) in [6, 6.07) is 7.98. The Balaban J connectivity index is 1.70. The summed E-state index contributed by atoms with van der Waals surface area (Å²) in [7, 11) is 1.86. The third-order valence-electron chi connectivity index (χ3n) is 3.44. The maximum atomic E-state index is 6.01. The number of rotatable bonds is 2.